The largest absolute Gasteiger partial charge is 0.376 e. The van der Waals surface area contributed by atoms with Crippen molar-refractivity contribution in [3.8, 4) is 0 Å². The van der Waals surface area contributed by atoms with Crippen LogP contribution in [0.25, 0.3) is 10.9 Å². The molecular formula is C16H12Cl2N2O. The average molecular weight is 319 g/mol. The van der Waals surface area contributed by atoms with E-state index in [-0.39, 0.29) is 12.3 Å². The third-order valence-electron chi connectivity index (χ3n) is 3.26. The fraction of sp³-hybridized carbons (Fsp3) is 0.0625. The van der Waals surface area contributed by atoms with Crippen molar-refractivity contribution in [3.05, 3.63) is 64.3 Å². The van der Waals surface area contributed by atoms with Gasteiger partial charge in [0.15, 0.2) is 5.78 Å². The molecule has 3 aromatic rings. The highest BCUT2D eigenvalue weighted by molar-refractivity contribution is 6.35. The van der Waals surface area contributed by atoms with Gasteiger partial charge in [-0.1, -0.05) is 41.4 Å². The van der Waals surface area contributed by atoms with Crippen molar-refractivity contribution in [2.75, 3.05) is 11.9 Å². The molecule has 0 radical (unpaired) electrons. The lowest BCUT2D eigenvalue weighted by atomic mass is 10.1. The predicted octanol–water partition coefficient (Wildman–Crippen LogP) is 4.77. The van der Waals surface area contributed by atoms with Crippen LogP contribution in [0.4, 0.5) is 5.69 Å². The SMILES string of the molecule is O=C(CNc1cc(Cl)ccc1Cl)c1c[nH]c2ccccc12. The predicted molar refractivity (Wildman–Crippen MR) is 87.6 cm³/mol. The van der Waals surface area contributed by atoms with Crippen molar-refractivity contribution in [1.29, 1.82) is 0 Å². The van der Waals surface area contributed by atoms with E-state index < -0.39 is 0 Å². The van der Waals surface area contributed by atoms with E-state index in [0.29, 0.717) is 21.3 Å². The second-order valence-corrected chi connectivity index (χ2v) is 5.49. The molecule has 1 aromatic heterocycles. The maximum atomic E-state index is 12.3. The number of nitrogens with one attached hydrogen (secondary N) is 2. The quantitative estimate of drug-likeness (QED) is 0.680. The van der Waals surface area contributed by atoms with Crippen LogP contribution < -0.4 is 5.32 Å². The second-order valence-electron chi connectivity index (χ2n) is 4.65. The molecule has 0 aliphatic carbocycles. The monoisotopic (exact) mass is 318 g/mol. The normalized spacial score (nSPS) is 10.8. The molecule has 0 saturated heterocycles. The number of hydrogen-bond acceptors (Lipinski definition) is 2. The van der Waals surface area contributed by atoms with E-state index in [1.54, 1.807) is 24.4 Å². The number of aromatic amines is 1. The molecule has 106 valence electrons. The molecule has 0 fully saturated rings. The van der Waals surface area contributed by atoms with Crippen LogP contribution >= 0.6 is 23.2 Å². The summed E-state index contributed by atoms with van der Waals surface area (Å²) in [5.74, 6) is -0.0107. The Bertz CT molecular complexity index is 811. The van der Waals surface area contributed by atoms with Crippen molar-refractivity contribution in [3.63, 3.8) is 0 Å². The molecule has 5 heteroatoms. The number of H-pyrrole nitrogens is 1. The summed E-state index contributed by atoms with van der Waals surface area (Å²) in [6, 6.07) is 12.8. The maximum Gasteiger partial charge on any atom is 0.183 e. The molecule has 0 bridgehead atoms. The number of rotatable bonds is 4. The first-order valence-electron chi connectivity index (χ1n) is 6.43. The van der Waals surface area contributed by atoms with Crippen LogP contribution in [-0.4, -0.2) is 17.3 Å². The average Bonchev–Trinajstić information content (AvgIpc) is 2.92. The molecule has 0 aliphatic heterocycles. The zero-order valence-corrected chi connectivity index (χ0v) is 12.5. The van der Waals surface area contributed by atoms with E-state index in [9.17, 15) is 4.79 Å². The summed E-state index contributed by atoms with van der Waals surface area (Å²) in [5, 5.41) is 5.05. The molecular weight excluding hydrogens is 307 g/mol. The lowest BCUT2D eigenvalue weighted by Crippen LogP contribution is -2.13. The number of hydrogen-bond donors (Lipinski definition) is 2. The highest BCUT2D eigenvalue weighted by Gasteiger charge is 2.12. The third kappa shape index (κ3) is 2.89. The fourth-order valence-electron chi connectivity index (χ4n) is 2.21. The van der Waals surface area contributed by atoms with Gasteiger partial charge >= 0.3 is 0 Å². The van der Waals surface area contributed by atoms with Gasteiger partial charge in [-0.2, -0.15) is 0 Å². The summed E-state index contributed by atoms with van der Waals surface area (Å²) < 4.78 is 0. The Hall–Kier alpha value is -1.97. The van der Waals surface area contributed by atoms with Crippen molar-refractivity contribution in [1.82, 2.24) is 4.98 Å². The van der Waals surface area contributed by atoms with Crippen LogP contribution in [0.1, 0.15) is 10.4 Å². The number of ketones is 1. The van der Waals surface area contributed by atoms with Gasteiger partial charge in [0.25, 0.3) is 0 Å². The van der Waals surface area contributed by atoms with Crippen LogP contribution in [0.2, 0.25) is 10.0 Å². The number of benzene rings is 2. The van der Waals surface area contributed by atoms with Crippen LogP contribution in [0.15, 0.2) is 48.7 Å². The molecule has 1 heterocycles. The van der Waals surface area contributed by atoms with Gasteiger partial charge in [0.2, 0.25) is 0 Å². The number of halogens is 2. The molecule has 0 aliphatic rings. The number of carbonyl (C=O) groups is 1. The van der Waals surface area contributed by atoms with Gasteiger partial charge in [-0.3, -0.25) is 4.79 Å². The zero-order chi connectivity index (χ0) is 14.8. The van der Waals surface area contributed by atoms with E-state index in [0.717, 1.165) is 10.9 Å². The van der Waals surface area contributed by atoms with Gasteiger partial charge in [-0.25, -0.2) is 0 Å². The number of fused-ring (bicyclic) bond motifs is 1. The summed E-state index contributed by atoms with van der Waals surface area (Å²) in [6.07, 6.45) is 1.73. The van der Waals surface area contributed by atoms with E-state index in [4.69, 9.17) is 23.2 Å². The summed E-state index contributed by atoms with van der Waals surface area (Å²) >= 11 is 12.0. The summed E-state index contributed by atoms with van der Waals surface area (Å²) in [5.41, 5.74) is 2.26. The smallest absolute Gasteiger partial charge is 0.183 e. The minimum atomic E-state index is -0.0107. The van der Waals surface area contributed by atoms with Gasteiger partial charge in [0, 0.05) is 27.7 Å². The summed E-state index contributed by atoms with van der Waals surface area (Å²) in [4.78, 5) is 15.4. The third-order valence-corrected chi connectivity index (χ3v) is 3.82. The number of para-hydroxylation sites is 1. The summed E-state index contributed by atoms with van der Waals surface area (Å²) in [6.45, 7) is 0.155. The first-order chi connectivity index (χ1) is 10.1. The molecule has 3 nitrogen and oxygen atoms in total. The van der Waals surface area contributed by atoms with E-state index in [2.05, 4.69) is 10.3 Å². The van der Waals surface area contributed by atoms with Gasteiger partial charge in [-0.15, -0.1) is 0 Å². The number of Topliss-reactive ketones (excluding diaryl/α,β-unsaturated/α-hetero) is 1. The van der Waals surface area contributed by atoms with Gasteiger partial charge in [0.05, 0.1) is 17.3 Å². The molecule has 3 rings (SSSR count). The van der Waals surface area contributed by atoms with Crippen molar-refractivity contribution in [2.24, 2.45) is 0 Å². The second kappa shape index (κ2) is 5.80. The molecule has 0 atom stereocenters. The molecule has 0 spiro atoms. The molecule has 2 aromatic carbocycles. The lowest BCUT2D eigenvalue weighted by Gasteiger charge is -2.07. The van der Waals surface area contributed by atoms with Crippen LogP contribution in [0, 0.1) is 0 Å². The molecule has 0 unspecified atom stereocenters. The first kappa shape index (κ1) is 14.0. The Morgan fingerprint density at radius 1 is 1.14 bits per heavy atom. The lowest BCUT2D eigenvalue weighted by molar-refractivity contribution is 0.101. The molecule has 0 amide bonds. The van der Waals surface area contributed by atoms with Crippen LogP contribution in [0.5, 0.6) is 0 Å². The first-order valence-corrected chi connectivity index (χ1v) is 7.19. The molecule has 21 heavy (non-hydrogen) atoms. The minimum absolute atomic E-state index is 0.0107. The molecule has 0 saturated carbocycles. The van der Waals surface area contributed by atoms with E-state index in [1.807, 2.05) is 24.3 Å². The number of anilines is 1. The topological polar surface area (TPSA) is 44.9 Å². The molecule has 2 N–H and O–H groups in total. The van der Waals surface area contributed by atoms with Gasteiger partial charge < -0.3 is 10.3 Å². The fourth-order valence-corrected chi connectivity index (χ4v) is 2.56. The van der Waals surface area contributed by atoms with E-state index in [1.165, 1.54) is 0 Å². The van der Waals surface area contributed by atoms with Crippen LogP contribution in [0.3, 0.4) is 0 Å². The maximum absolute atomic E-state index is 12.3. The minimum Gasteiger partial charge on any atom is -0.376 e. The Labute approximate surface area is 131 Å². The van der Waals surface area contributed by atoms with E-state index >= 15 is 0 Å². The van der Waals surface area contributed by atoms with Crippen LogP contribution in [-0.2, 0) is 0 Å². The zero-order valence-electron chi connectivity index (χ0n) is 11.0. The highest BCUT2D eigenvalue weighted by Crippen LogP contribution is 2.25. The Morgan fingerprint density at radius 3 is 2.81 bits per heavy atom. The van der Waals surface area contributed by atoms with Gasteiger partial charge in [0.1, 0.15) is 0 Å². The highest BCUT2D eigenvalue weighted by atomic mass is 35.5. The van der Waals surface area contributed by atoms with Crippen molar-refractivity contribution < 1.29 is 4.79 Å². The Balaban J connectivity index is 1.79. The van der Waals surface area contributed by atoms with Gasteiger partial charge in [-0.05, 0) is 24.3 Å². The number of aromatic nitrogens is 1. The standard InChI is InChI=1S/C16H12Cl2N2O/c17-10-5-6-13(18)15(7-10)20-9-16(21)12-8-19-14-4-2-1-3-11(12)14/h1-8,19-20H,9H2. The van der Waals surface area contributed by atoms with Crippen molar-refractivity contribution in [2.45, 2.75) is 0 Å². The Morgan fingerprint density at radius 2 is 1.95 bits per heavy atom. The number of carbonyl (C=O) groups excluding carboxylic acids is 1. The Kier molecular flexibility index (Phi) is 3.86. The van der Waals surface area contributed by atoms with Crippen molar-refractivity contribution >= 4 is 45.6 Å². The summed E-state index contributed by atoms with van der Waals surface area (Å²) in [7, 11) is 0.